The molecule has 33 heavy (non-hydrogen) atoms. The summed E-state index contributed by atoms with van der Waals surface area (Å²) < 4.78 is 21.0. The molecule has 5 aromatic rings. The highest BCUT2D eigenvalue weighted by Crippen LogP contribution is 2.26. The van der Waals surface area contributed by atoms with E-state index in [2.05, 4.69) is 29.9 Å². The zero-order valence-corrected chi connectivity index (χ0v) is 18.1. The summed E-state index contributed by atoms with van der Waals surface area (Å²) in [6.45, 7) is 5.15. The molecule has 0 aliphatic rings. The molecule has 0 spiro atoms. The second-order valence-corrected chi connectivity index (χ2v) is 7.80. The fourth-order valence-electron chi connectivity index (χ4n) is 3.95. The molecule has 2 aromatic carbocycles. The minimum absolute atomic E-state index is 0.217. The third kappa shape index (κ3) is 4.00. The number of nitrogens with zero attached hydrogens (tertiary/aromatic N) is 4. The van der Waals surface area contributed by atoms with Crippen molar-refractivity contribution in [1.82, 2.24) is 24.7 Å². The van der Waals surface area contributed by atoms with Crippen LogP contribution in [-0.4, -0.2) is 31.2 Å². The number of rotatable bonds is 6. The molecule has 9 heteroatoms. The maximum atomic E-state index is 14.5. The average Bonchev–Trinajstić information content (AvgIpc) is 3.41. The summed E-state index contributed by atoms with van der Waals surface area (Å²) >= 11 is 0. The van der Waals surface area contributed by atoms with E-state index in [1.807, 2.05) is 54.8 Å². The third-order valence-electron chi connectivity index (χ3n) is 5.64. The smallest absolute Gasteiger partial charge is 0.368 e. The summed E-state index contributed by atoms with van der Waals surface area (Å²) in [6, 6.07) is 14.6. The number of halogens is 1. The molecule has 0 saturated carbocycles. The lowest BCUT2D eigenvalue weighted by molar-refractivity contribution is 0.388. The Balaban J connectivity index is 1.31. The number of aryl methyl sites for hydroxylation is 2. The van der Waals surface area contributed by atoms with Crippen LogP contribution < -0.4 is 11.1 Å². The number of aromatic amines is 1. The summed E-state index contributed by atoms with van der Waals surface area (Å²) in [4.78, 5) is 22.3. The first-order valence-corrected chi connectivity index (χ1v) is 10.5. The molecule has 0 aliphatic heterocycles. The molecule has 3 heterocycles. The van der Waals surface area contributed by atoms with Crippen molar-refractivity contribution in [1.29, 1.82) is 0 Å². The van der Waals surface area contributed by atoms with Gasteiger partial charge in [0.1, 0.15) is 18.0 Å². The predicted octanol–water partition coefficient (Wildman–Crippen LogP) is 4.31. The van der Waals surface area contributed by atoms with Gasteiger partial charge in [0.2, 0.25) is 0 Å². The molecule has 2 N–H and O–H groups in total. The Morgan fingerprint density at radius 2 is 1.85 bits per heavy atom. The van der Waals surface area contributed by atoms with Crippen LogP contribution in [0.4, 0.5) is 10.2 Å². The monoisotopic (exact) mass is 444 g/mol. The maximum Gasteiger partial charge on any atom is 0.439 e. The van der Waals surface area contributed by atoms with Gasteiger partial charge in [-0.2, -0.15) is 0 Å². The highest BCUT2D eigenvalue weighted by molar-refractivity contribution is 5.85. The second kappa shape index (κ2) is 8.34. The quantitative estimate of drug-likeness (QED) is 0.405. The summed E-state index contributed by atoms with van der Waals surface area (Å²) in [6.07, 6.45) is 1.50. The first-order valence-electron chi connectivity index (χ1n) is 10.5. The normalized spacial score (nSPS) is 11.2. The van der Waals surface area contributed by atoms with Crippen molar-refractivity contribution in [3.05, 3.63) is 82.5 Å². The molecule has 166 valence electrons. The van der Waals surface area contributed by atoms with Gasteiger partial charge in [-0.3, -0.25) is 9.51 Å². The zero-order chi connectivity index (χ0) is 22.9. The van der Waals surface area contributed by atoms with Crippen molar-refractivity contribution >= 4 is 16.7 Å². The van der Waals surface area contributed by atoms with Gasteiger partial charge < -0.3 is 9.88 Å². The molecule has 0 amide bonds. The molecule has 0 saturated heterocycles. The summed E-state index contributed by atoms with van der Waals surface area (Å²) in [5, 5.41) is 7.93. The van der Waals surface area contributed by atoms with Gasteiger partial charge in [0, 0.05) is 41.4 Å². The van der Waals surface area contributed by atoms with E-state index >= 15 is 0 Å². The fraction of sp³-hybridized carbons (Fsp3) is 0.167. The number of hydrogen-bond acceptors (Lipinski definition) is 6. The molecule has 3 aromatic heterocycles. The van der Waals surface area contributed by atoms with Crippen LogP contribution in [0, 0.1) is 19.7 Å². The summed E-state index contributed by atoms with van der Waals surface area (Å²) in [7, 11) is 0. The molecule has 8 nitrogen and oxygen atoms in total. The van der Waals surface area contributed by atoms with E-state index in [9.17, 15) is 9.18 Å². The van der Waals surface area contributed by atoms with Gasteiger partial charge in [-0.25, -0.2) is 19.2 Å². The number of nitrogens with one attached hydrogen (secondary N) is 2. The van der Waals surface area contributed by atoms with Crippen molar-refractivity contribution in [3.63, 3.8) is 0 Å². The van der Waals surface area contributed by atoms with E-state index in [1.165, 1.54) is 12.4 Å². The van der Waals surface area contributed by atoms with Crippen LogP contribution in [0.1, 0.15) is 11.3 Å². The van der Waals surface area contributed by atoms with Crippen LogP contribution in [0.25, 0.3) is 33.5 Å². The number of H-pyrrole nitrogens is 1. The Kier molecular flexibility index (Phi) is 5.21. The maximum absolute atomic E-state index is 14.5. The molecule has 0 aliphatic carbocycles. The van der Waals surface area contributed by atoms with Gasteiger partial charge in [-0.05, 0) is 31.5 Å². The first kappa shape index (κ1) is 20.6. The van der Waals surface area contributed by atoms with Crippen LogP contribution >= 0.6 is 0 Å². The van der Waals surface area contributed by atoms with Gasteiger partial charge in [0.05, 0.1) is 11.2 Å². The number of aromatic nitrogens is 5. The third-order valence-corrected chi connectivity index (χ3v) is 5.64. The van der Waals surface area contributed by atoms with Gasteiger partial charge >= 0.3 is 5.76 Å². The highest BCUT2D eigenvalue weighted by Gasteiger charge is 2.12. The minimum atomic E-state index is -0.596. The lowest BCUT2D eigenvalue weighted by Crippen LogP contribution is -2.13. The number of anilines is 1. The van der Waals surface area contributed by atoms with E-state index in [-0.39, 0.29) is 5.82 Å². The SMILES string of the molecule is Cc1ccc(F)c2c1cc(C)n2CCNc1cc(-c2ccc(-c3noc(=O)[nH]3)cc2)ncn1. The van der Waals surface area contributed by atoms with Crippen molar-refractivity contribution in [2.75, 3.05) is 11.9 Å². The van der Waals surface area contributed by atoms with Crippen LogP contribution in [-0.2, 0) is 6.54 Å². The Labute approximate surface area is 188 Å². The average molecular weight is 444 g/mol. The lowest BCUT2D eigenvalue weighted by atomic mass is 10.1. The fourth-order valence-corrected chi connectivity index (χ4v) is 3.95. The van der Waals surface area contributed by atoms with Crippen molar-refractivity contribution in [2.24, 2.45) is 0 Å². The van der Waals surface area contributed by atoms with Crippen molar-refractivity contribution < 1.29 is 8.91 Å². The van der Waals surface area contributed by atoms with Crippen LogP contribution in [0.2, 0.25) is 0 Å². The zero-order valence-electron chi connectivity index (χ0n) is 18.1. The molecule has 0 atom stereocenters. The molecule has 5 rings (SSSR count). The van der Waals surface area contributed by atoms with E-state index in [4.69, 9.17) is 0 Å². The highest BCUT2D eigenvalue weighted by atomic mass is 19.1. The van der Waals surface area contributed by atoms with Gasteiger partial charge in [-0.15, -0.1) is 0 Å². The molecular weight excluding hydrogens is 423 g/mol. The van der Waals surface area contributed by atoms with Crippen LogP contribution in [0.5, 0.6) is 0 Å². The van der Waals surface area contributed by atoms with Crippen molar-refractivity contribution in [3.8, 4) is 22.6 Å². The second-order valence-electron chi connectivity index (χ2n) is 7.80. The molecule has 0 fully saturated rings. The summed E-state index contributed by atoms with van der Waals surface area (Å²) in [5.74, 6) is 0.236. The van der Waals surface area contributed by atoms with E-state index in [0.29, 0.717) is 30.2 Å². The minimum Gasteiger partial charge on any atom is -0.368 e. The van der Waals surface area contributed by atoms with Crippen LogP contribution in [0.3, 0.4) is 0 Å². The molecule has 0 unspecified atom stereocenters. The van der Waals surface area contributed by atoms with E-state index in [1.54, 1.807) is 6.07 Å². The van der Waals surface area contributed by atoms with Gasteiger partial charge in [0.15, 0.2) is 5.82 Å². The Bertz CT molecular complexity index is 1500. The summed E-state index contributed by atoms with van der Waals surface area (Å²) in [5.41, 5.74) is 5.07. The largest absolute Gasteiger partial charge is 0.439 e. The topological polar surface area (TPSA) is 102 Å². The first-order chi connectivity index (χ1) is 16.0. The Morgan fingerprint density at radius 3 is 2.61 bits per heavy atom. The van der Waals surface area contributed by atoms with Crippen LogP contribution in [0.15, 0.2) is 64.2 Å². The molecule has 0 bridgehead atoms. The number of hydrogen-bond donors (Lipinski definition) is 2. The van der Waals surface area contributed by atoms with Gasteiger partial charge in [0.25, 0.3) is 0 Å². The van der Waals surface area contributed by atoms with E-state index < -0.39 is 5.76 Å². The number of fused-ring (bicyclic) bond motifs is 1. The molecule has 0 radical (unpaired) electrons. The van der Waals surface area contributed by atoms with Crippen molar-refractivity contribution in [2.45, 2.75) is 20.4 Å². The molecular formula is C24H21FN6O2. The Morgan fingerprint density at radius 1 is 1.06 bits per heavy atom. The Hall–Kier alpha value is -4.27. The van der Waals surface area contributed by atoms with E-state index in [0.717, 1.165) is 33.5 Å². The standard InChI is InChI=1S/C24H21FN6O2/c1-14-3-8-19(25)22-18(14)11-15(2)31(22)10-9-26-21-12-20(27-13-28-21)16-4-6-17(7-5-16)23-29-24(32)33-30-23/h3-8,11-13H,9-10H2,1-2H3,(H,26,27,28)(H,29,30,32). The predicted molar refractivity (Wildman–Crippen MR) is 123 cm³/mol. The van der Waals surface area contributed by atoms with Gasteiger partial charge in [-0.1, -0.05) is 35.5 Å². The lowest BCUT2D eigenvalue weighted by Gasteiger charge is -2.11. The number of benzene rings is 2.